The van der Waals surface area contributed by atoms with E-state index in [4.69, 9.17) is 0 Å². The number of hydrogen-bond donors (Lipinski definition) is 1. The van der Waals surface area contributed by atoms with Crippen LogP contribution in [0.3, 0.4) is 0 Å². The lowest BCUT2D eigenvalue weighted by molar-refractivity contribution is 0.695. The Bertz CT molecular complexity index is 501. The number of aryl methyl sites for hydroxylation is 1. The van der Waals surface area contributed by atoms with E-state index < -0.39 is 0 Å². The van der Waals surface area contributed by atoms with Crippen molar-refractivity contribution in [2.75, 3.05) is 11.9 Å². The molecule has 0 heterocycles. The third kappa shape index (κ3) is 4.93. The quantitative estimate of drug-likeness (QED) is 0.660. The molecule has 112 valence electrons. The molecule has 2 rings (SSSR count). The van der Waals surface area contributed by atoms with E-state index in [0.29, 0.717) is 5.92 Å². The molecule has 2 aromatic rings. The largest absolute Gasteiger partial charge is 0.384 e. The van der Waals surface area contributed by atoms with Gasteiger partial charge in [0.1, 0.15) is 0 Å². The second-order valence-electron chi connectivity index (χ2n) is 5.70. The SMILES string of the molecule is CCCCc1ccc(NCC(CC)c2ccccc2)cc1. The van der Waals surface area contributed by atoms with E-state index in [1.807, 2.05) is 0 Å². The van der Waals surface area contributed by atoms with Gasteiger partial charge in [-0.25, -0.2) is 0 Å². The molecule has 0 aliphatic heterocycles. The van der Waals surface area contributed by atoms with Gasteiger partial charge >= 0.3 is 0 Å². The summed E-state index contributed by atoms with van der Waals surface area (Å²) in [5.41, 5.74) is 4.09. The van der Waals surface area contributed by atoms with Crippen LogP contribution in [0.25, 0.3) is 0 Å². The lowest BCUT2D eigenvalue weighted by atomic mass is 9.96. The fourth-order valence-corrected chi connectivity index (χ4v) is 2.63. The lowest BCUT2D eigenvalue weighted by Crippen LogP contribution is -2.12. The molecule has 0 saturated carbocycles. The molecule has 1 heteroatoms. The highest BCUT2D eigenvalue weighted by atomic mass is 14.9. The molecule has 1 unspecified atom stereocenters. The van der Waals surface area contributed by atoms with E-state index in [1.165, 1.54) is 36.1 Å². The van der Waals surface area contributed by atoms with Gasteiger partial charge in [-0.3, -0.25) is 0 Å². The fourth-order valence-electron chi connectivity index (χ4n) is 2.63. The molecule has 0 aliphatic carbocycles. The summed E-state index contributed by atoms with van der Waals surface area (Å²) in [6.07, 6.45) is 4.89. The Morgan fingerprint density at radius 1 is 0.905 bits per heavy atom. The normalized spacial score (nSPS) is 12.1. The maximum atomic E-state index is 3.58. The predicted molar refractivity (Wildman–Crippen MR) is 93.0 cm³/mol. The molecule has 0 spiro atoms. The minimum absolute atomic E-state index is 0.575. The molecule has 21 heavy (non-hydrogen) atoms. The van der Waals surface area contributed by atoms with Crippen molar-refractivity contribution < 1.29 is 0 Å². The highest BCUT2D eigenvalue weighted by molar-refractivity contribution is 5.45. The molecule has 0 radical (unpaired) electrons. The molecule has 1 N–H and O–H groups in total. The summed E-state index contributed by atoms with van der Waals surface area (Å²) in [4.78, 5) is 0. The highest BCUT2D eigenvalue weighted by Gasteiger charge is 2.08. The maximum absolute atomic E-state index is 3.58. The first kappa shape index (κ1) is 15.6. The van der Waals surface area contributed by atoms with E-state index in [1.54, 1.807) is 0 Å². The van der Waals surface area contributed by atoms with Crippen LogP contribution in [-0.4, -0.2) is 6.54 Å². The third-order valence-corrected chi connectivity index (χ3v) is 4.09. The van der Waals surface area contributed by atoms with Crippen LogP contribution in [0.15, 0.2) is 54.6 Å². The van der Waals surface area contributed by atoms with Crippen LogP contribution in [0.1, 0.15) is 50.2 Å². The molecule has 0 aliphatic rings. The van der Waals surface area contributed by atoms with Gasteiger partial charge in [0.2, 0.25) is 0 Å². The minimum atomic E-state index is 0.575. The molecular formula is C20H27N. The molecule has 0 fully saturated rings. The van der Waals surface area contributed by atoms with Crippen molar-refractivity contribution in [3.63, 3.8) is 0 Å². The lowest BCUT2D eigenvalue weighted by Gasteiger charge is -2.17. The van der Waals surface area contributed by atoms with E-state index >= 15 is 0 Å². The summed E-state index contributed by atoms with van der Waals surface area (Å²) in [6, 6.07) is 19.7. The highest BCUT2D eigenvalue weighted by Crippen LogP contribution is 2.20. The average Bonchev–Trinajstić information content (AvgIpc) is 2.55. The fraction of sp³-hybridized carbons (Fsp3) is 0.400. The van der Waals surface area contributed by atoms with E-state index in [2.05, 4.69) is 73.8 Å². The van der Waals surface area contributed by atoms with Crippen LogP contribution in [0.4, 0.5) is 5.69 Å². The van der Waals surface area contributed by atoms with Crippen LogP contribution < -0.4 is 5.32 Å². The van der Waals surface area contributed by atoms with Crippen LogP contribution in [0, 0.1) is 0 Å². The number of hydrogen-bond acceptors (Lipinski definition) is 1. The molecule has 1 atom stereocenters. The van der Waals surface area contributed by atoms with Crippen molar-refractivity contribution in [2.24, 2.45) is 0 Å². The van der Waals surface area contributed by atoms with Crippen LogP contribution >= 0.6 is 0 Å². The summed E-state index contributed by atoms with van der Waals surface area (Å²) in [7, 11) is 0. The Balaban J connectivity index is 1.89. The average molecular weight is 281 g/mol. The molecule has 1 nitrogen and oxygen atoms in total. The monoisotopic (exact) mass is 281 g/mol. The predicted octanol–water partition coefficient (Wildman–Crippen LogP) is 5.63. The Labute approximate surface area is 129 Å². The zero-order valence-corrected chi connectivity index (χ0v) is 13.3. The van der Waals surface area contributed by atoms with E-state index in [9.17, 15) is 0 Å². The van der Waals surface area contributed by atoms with Gasteiger partial charge in [-0.2, -0.15) is 0 Å². The summed E-state index contributed by atoms with van der Waals surface area (Å²) in [5.74, 6) is 0.575. The van der Waals surface area contributed by atoms with Gasteiger partial charge in [-0.05, 0) is 42.5 Å². The zero-order chi connectivity index (χ0) is 14.9. The van der Waals surface area contributed by atoms with Crippen LogP contribution in [-0.2, 0) is 6.42 Å². The molecule has 0 bridgehead atoms. The van der Waals surface area contributed by atoms with Crippen molar-refractivity contribution in [3.05, 3.63) is 65.7 Å². The first-order valence-corrected chi connectivity index (χ1v) is 8.21. The summed E-state index contributed by atoms with van der Waals surface area (Å²) in [5, 5.41) is 3.58. The van der Waals surface area contributed by atoms with Gasteiger partial charge in [-0.1, -0.05) is 62.7 Å². The maximum Gasteiger partial charge on any atom is 0.0340 e. The number of nitrogens with one attached hydrogen (secondary N) is 1. The van der Waals surface area contributed by atoms with Gasteiger partial charge in [-0.15, -0.1) is 0 Å². The van der Waals surface area contributed by atoms with Gasteiger partial charge in [0.25, 0.3) is 0 Å². The van der Waals surface area contributed by atoms with Gasteiger partial charge < -0.3 is 5.32 Å². The van der Waals surface area contributed by atoms with Crippen molar-refractivity contribution >= 4 is 5.69 Å². The van der Waals surface area contributed by atoms with E-state index in [-0.39, 0.29) is 0 Å². The zero-order valence-electron chi connectivity index (χ0n) is 13.3. The van der Waals surface area contributed by atoms with Crippen molar-refractivity contribution in [1.82, 2.24) is 0 Å². The molecular weight excluding hydrogens is 254 g/mol. The number of anilines is 1. The summed E-state index contributed by atoms with van der Waals surface area (Å²) < 4.78 is 0. The van der Waals surface area contributed by atoms with Gasteiger partial charge in [0.05, 0.1) is 0 Å². The smallest absolute Gasteiger partial charge is 0.0340 e. The Morgan fingerprint density at radius 3 is 2.24 bits per heavy atom. The van der Waals surface area contributed by atoms with Crippen molar-refractivity contribution in [2.45, 2.75) is 45.4 Å². The second kappa shape index (κ2) is 8.51. The first-order chi connectivity index (χ1) is 10.3. The summed E-state index contributed by atoms with van der Waals surface area (Å²) in [6.45, 7) is 5.49. The van der Waals surface area contributed by atoms with Gasteiger partial charge in [0, 0.05) is 18.2 Å². The Morgan fingerprint density at radius 2 is 1.62 bits per heavy atom. The Kier molecular flexibility index (Phi) is 6.33. The first-order valence-electron chi connectivity index (χ1n) is 8.21. The molecule has 0 saturated heterocycles. The van der Waals surface area contributed by atoms with Gasteiger partial charge in [0.15, 0.2) is 0 Å². The topological polar surface area (TPSA) is 12.0 Å². The Hall–Kier alpha value is -1.76. The van der Waals surface area contributed by atoms with E-state index in [0.717, 1.165) is 13.0 Å². The molecule has 0 amide bonds. The number of unbranched alkanes of at least 4 members (excludes halogenated alkanes) is 1. The third-order valence-electron chi connectivity index (χ3n) is 4.09. The molecule has 0 aromatic heterocycles. The number of benzene rings is 2. The summed E-state index contributed by atoms with van der Waals surface area (Å²) >= 11 is 0. The van der Waals surface area contributed by atoms with Crippen LogP contribution in [0.2, 0.25) is 0 Å². The number of rotatable bonds is 8. The standard InChI is InChI=1S/C20H27N/c1-3-5-9-17-12-14-20(15-13-17)21-16-18(4-2)19-10-7-6-8-11-19/h6-8,10-15,18,21H,3-5,9,16H2,1-2H3. The van der Waals surface area contributed by atoms with Crippen molar-refractivity contribution in [1.29, 1.82) is 0 Å². The van der Waals surface area contributed by atoms with Crippen molar-refractivity contribution in [3.8, 4) is 0 Å². The van der Waals surface area contributed by atoms with Crippen LogP contribution in [0.5, 0.6) is 0 Å². The minimum Gasteiger partial charge on any atom is -0.384 e. The second-order valence-corrected chi connectivity index (χ2v) is 5.70. The molecule has 2 aromatic carbocycles.